The summed E-state index contributed by atoms with van der Waals surface area (Å²) in [6, 6.07) is 19.4. The third kappa shape index (κ3) is 3.52. The second kappa shape index (κ2) is 6.93. The Labute approximate surface area is 146 Å². The van der Waals surface area contributed by atoms with E-state index in [1.165, 1.54) is 0 Å². The number of carbonyl (C=O) groups is 1. The van der Waals surface area contributed by atoms with Crippen molar-refractivity contribution < 1.29 is 4.79 Å². The lowest BCUT2D eigenvalue weighted by Crippen LogP contribution is -2.31. The van der Waals surface area contributed by atoms with Gasteiger partial charge in [0.1, 0.15) is 0 Å². The minimum absolute atomic E-state index is 0.114. The summed E-state index contributed by atoms with van der Waals surface area (Å²) in [6.07, 6.45) is 0. The van der Waals surface area contributed by atoms with Gasteiger partial charge >= 0.3 is 6.03 Å². The Balaban J connectivity index is 1.74. The number of hydrogen-bond acceptors (Lipinski definition) is 1. The van der Waals surface area contributed by atoms with Crippen molar-refractivity contribution in [1.29, 1.82) is 0 Å². The third-order valence-corrected chi connectivity index (χ3v) is 4.47. The summed E-state index contributed by atoms with van der Waals surface area (Å²) in [5, 5.41) is 8.74. The molecule has 2 amide bonds. The minimum atomic E-state index is -0.254. The molecule has 3 aromatic rings. The van der Waals surface area contributed by atoms with E-state index in [0.29, 0.717) is 10.7 Å². The van der Waals surface area contributed by atoms with Gasteiger partial charge in [0, 0.05) is 10.7 Å². The van der Waals surface area contributed by atoms with Gasteiger partial charge in [-0.1, -0.05) is 60.1 Å². The third-order valence-electron chi connectivity index (χ3n) is 4.07. The van der Waals surface area contributed by atoms with E-state index in [9.17, 15) is 4.79 Å². The van der Waals surface area contributed by atoms with Crippen LogP contribution in [-0.2, 0) is 0 Å². The van der Waals surface area contributed by atoms with Gasteiger partial charge in [0.05, 0.1) is 6.04 Å². The maximum atomic E-state index is 12.3. The highest BCUT2D eigenvalue weighted by Crippen LogP contribution is 2.24. The van der Waals surface area contributed by atoms with Crippen LogP contribution in [0.3, 0.4) is 0 Å². The van der Waals surface area contributed by atoms with Gasteiger partial charge in [-0.3, -0.25) is 0 Å². The molecule has 4 heteroatoms. The van der Waals surface area contributed by atoms with Crippen LogP contribution in [-0.4, -0.2) is 6.03 Å². The van der Waals surface area contributed by atoms with Crippen LogP contribution in [0.15, 0.2) is 60.7 Å². The molecule has 0 aliphatic carbocycles. The number of carbonyl (C=O) groups excluding carboxylic acids is 1. The molecular weight excluding hydrogens is 320 g/mol. The molecule has 0 fully saturated rings. The highest BCUT2D eigenvalue weighted by molar-refractivity contribution is 6.31. The number of rotatable bonds is 3. The zero-order chi connectivity index (χ0) is 17.1. The van der Waals surface area contributed by atoms with Crippen LogP contribution in [0.4, 0.5) is 10.5 Å². The monoisotopic (exact) mass is 338 g/mol. The van der Waals surface area contributed by atoms with Crippen LogP contribution in [0.25, 0.3) is 10.8 Å². The first-order valence-electron chi connectivity index (χ1n) is 7.86. The van der Waals surface area contributed by atoms with Gasteiger partial charge in [-0.2, -0.15) is 0 Å². The quantitative estimate of drug-likeness (QED) is 0.633. The highest BCUT2D eigenvalue weighted by atomic mass is 35.5. The van der Waals surface area contributed by atoms with Crippen LogP contribution in [0.1, 0.15) is 24.1 Å². The number of fused-ring (bicyclic) bond motifs is 1. The maximum Gasteiger partial charge on any atom is 0.319 e. The molecule has 0 aliphatic rings. The number of nitrogens with one attached hydrogen (secondary N) is 2. The Morgan fingerprint density at radius 3 is 2.58 bits per heavy atom. The van der Waals surface area contributed by atoms with Crippen molar-refractivity contribution in [3.63, 3.8) is 0 Å². The van der Waals surface area contributed by atoms with Crippen LogP contribution < -0.4 is 10.6 Å². The summed E-state index contributed by atoms with van der Waals surface area (Å²) in [5.41, 5.74) is 2.74. The van der Waals surface area contributed by atoms with E-state index >= 15 is 0 Å². The first-order chi connectivity index (χ1) is 11.5. The predicted molar refractivity (Wildman–Crippen MR) is 101 cm³/mol. The van der Waals surface area contributed by atoms with E-state index in [4.69, 9.17) is 11.6 Å². The second-order valence-electron chi connectivity index (χ2n) is 5.85. The van der Waals surface area contributed by atoms with E-state index in [-0.39, 0.29) is 12.1 Å². The van der Waals surface area contributed by atoms with E-state index in [2.05, 4.69) is 28.8 Å². The molecule has 24 heavy (non-hydrogen) atoms. The Morgan fingerprint density at radius 1 is 1.04 bits per heavy atom. The van der Waals surface area contributed by atoms with Crippen molar-refractivity contribution in [3.05, 3.63) is 76.8 Å². The molecule has 0 radical (unpaired) electrons. The van der Waals surface area contributed by atoms with Gasteiger partial charge < -0.3 is 10.6 Å². The van der Waals surface area contributed by atoms with Crippen molar-refractivity contribution in [2.45, 2.75) is 19.9 Å². The van der Waals surface area contributed by atoms with Gasteiger partial charge in [-0.05, 0) is 47.9 Å². The van der Waals surface area contributed by atoms with Crippen molar-refractivity contribution in [3.8, 4) is 0 Å². The maximum absolute atomic E-state index is 12.3. The average molecular weight is 339 g/mol. The van der Waals surface area contributed by atoms with Crippen LogP contribution in [0, 0.1) is 6.92 Å². The summed E-state index contributed by atoms with van der Waals surface area (Å²) in [4.78, 5) is 12.3. The molecule has 3 nitrogen and oxygen atoms in total. The average Bonchev–Trinajstić information content (AvgIpc) is 2.57. The first kappa shape index (κ1) is 16.3. The molecule has 3 rings (SSSR count). The van der Waals surface area contributed by atoms with Crippen molar-refractivity contribution in [1.82, 2.24) is 5.32 Å². The zero-order valence-electron chi connectivity index (χ0n) is 13.6. The standard InChI is InChI=1S/C20H19ClN2O/c1-13-10-11-16(12-19(13)21)23-20(24)22-14(2)17-9-5-7-15-6-3-4-8-18(15)17/h3-12,14H,1-2H3,(H2,22,23,24)/t14-/m1/s1. The molecule has 0 heterocycles. The molecule has 122 valence electrons. The number of amides is 2. The van der Waals surface area contributed by atoms with Crippen LogP contribution >= 0.6 is 11.6 Å². The van der Waals surface area contributed by atoms with E-state index in [1.54, 1.807) is 6.07 Å². The summed E-state index contributed by atoms with van der Waals surface area (Å²) < 4.78 is 0. The summed E-state index contributed by atoms with van der Waals surface area (Å²) in [5.74, 6) is 0. The van der Waals surface area contributed by atoms with Gasteiger partial charge in [0.25, 0.3) is 0 Å². The number of aryl methyl sites for hydroxylation is 1. The number of hydrogen-bond donors (Lipinski definition) is 2. The molecule has 2 N–H and O–H groups in total. The Morgan fingerprint density at radius 2 is 1.79 bits per heavy atom. The van der Waals surface area contributed by atoms with Crippen LogP contribution in [0.2, 0.25) is 5.02 Å². The van der Waals surface area contributed by atoms with Gasteiger partial charge in [-0.25, -0.2) is 4.79 Å². The fourth-order valence-electron chi connectivity index (χ4n) is 2.74. The molecule has 3 aromatic carbocycles. The normalized spacial score (nSPS) is 12.0. The number of benzene rings is 3. The van der Waals surface area contributed by atoms with E-state index < -0.39 is 0 Å². The minimum Gasteiger partial charge on any atom is -0.331 e. The van der Waals surface area contributed by atoms with Crippen molar-refractivity contribution in [2.75, 3.05) is 5.32 Å². The lowest BCUT2D eigenvalue weighted by Gasteiger charge is -2.17. The first-order valence-corrected chi connectivity index (χ1v) is 8.24. The molecule has 1 atom stereocenters. The lowest BCUT2D eigenvalue weighted by atomic mass is 10.00. The van der Waals surface area contributed by atoms with Crippen LogP contribution in [0.5, 0.6) is 0 Å². The molecule has 0 saturated carbocycles. The van der Waals surface area contributed by atoms with E-state index in [1.807, 2.05) is 50.2 Å². The topological polar surface area (TPSA) is 41.1 Å². The number of urea groups is 1. The molecular formula is C20H19ClN2O. The smallest absolute Gasteiger partial charge is 0.319 e. The summed E-state index contributed by atoms with van der Waals surface area (Å²) in [7, 11) is 0. The van der Waals surface area contributed by atoms with Gasteiger partial charge in [0.2, 0.25) is 0 Å². The second-order valence-corrected chi connectivity index (χ2v) is 6.26. The number of halogens is 1. The fourth-order valence-corrected chi connectivity index (χ4v) is 2.92. The number of anilines is 1. The molecule has 0 aromatic heterocycles. The van der Waals surface area contributed by atoms with Crippen molar-refractivity contribution in [2.24, 2.45) is 0 Å². The predicted octanol–water partition coefficient (Wildman–Crippen LogP) is 5.68. The molecule has 0 spiro atoms. The molecule has 0 aliphatic heterocycles. The summed E-state index contributed by atoms with van der Waals surface area (Å²) >= 11 is 6.09. The Kier molecular flexibility index (Phi) is 4.72. The van der Waals surface area contributed by atoms with Crippen molar-refractivity contribution >= 4 is 34.1 Å². The summed E-state index contributed by atoms with van der Waals surface area (Å²) in [6.45, 7) is 3.90. The zero-order valence-corrected chi connectivity index (χ0v) is 14.4. The lowest BCUT2D eigenvalue weighted by molar-refractivity contribution is 0.249. The molecule has 0 saturated heterocycles. The van der Waals surface area contributed by atoms with Gasteiger partial charge in [0.15, 0.2) is 0 Å². The Hall–Kier alpha value is -2.52. The SMILES string of the molecule is Cc1ccc(NC(=O)N[C@H](C)c2cccc3ccccc23)cc1Cl. The Bertz CT molecular complexity index is 886. The van der Waals surface area contributed by atoms with E-state index in [0.717, 1.165) is 21.9 Å². The molecule has 0 bridgehead atoms. The molecule has 0 unspecified atom stereocenters. The highest BCUT2D eigenvalue weighted by Gasteiger charge is 2.12. The van der Waals surface area contributed by atoms with Gasteiger partial charge in [-0.15, -0.1) is 0 Å². The largest absolute Gasteiger partial charge is 0.331 e. The fraction of sp³-hybridized carbons (Fsp3) is 0.150.